The molecule has 0 aliphatic rings. The lowest BCUT2D eigenvalue weighted by Crippen LogP contribution is -2.51. The summed E-state index contributed by atoms with van der Waals surface area (Å²) >= 11 is 8.57. The lowest BCUT2D eigenvalue weighted by molar-refractivity contribution is -0.115. The Bertz CT molecular complexity index is 246. The number of aliphatic hydroxyl groups is 5. The summed E-state index contributed by atoms with van der Waals surface area (Å²) in [7, 11) is 1.56. The molecule has 4 atom stereocenters. The van der Waals surface area contributed by atoms with Crippen LogP contribution in [0.1, 0.15) is 0 Å². The van der Waals surface area contributed by atoms with Gasteiger partial charge >= 0.3 is 0 Å². The number of nitrogens with zero attached hydrogens (tertiary/aromatic N) is 1. The standard InChI is InChI=1S/C8H18N2O5S2/c1-10(8(16)17)9-2-4(12)6(14)7(15)5(13)3-11/h4-7,9,11-15H,2-3H2,1H3,(H,16,17)/t4-,5+,6+,7+/m0/s1. The first-order valence-electron chi connectivity index (χ1n) is 4.84. The molecular weight excluding hydrogens is 268 g/mol. The molecule has 102 valence electrons. The number of nitrogens with one attached hydrogen (secondary N) is 1. The Balaban J connectivity index is 4.13. The number of thiol groups is 1. The van der Waals surface area contributed by atoms with E-state index in [0.717, 1.165) is 0 Å². The molecule has 0 fully saturated rings. The minimum Gasteiger partial charge on any atom is -0.394 e. The van der Waals surface area contributed by atoms with Crippen molar-refractivity contribution >= 4 is 29.2 Å². The second-order valence-electron chi connectivity index (χ2n) is 3.50. The molecule has 6 N–H and O–H groups in total. The number of rotatable bonds is 7. The summed E-state index contributed by atoms with van der Waals surface area (Å²) < 4.78 is 0.239. The van der Waals surface area contributed by atoms with Crippen LogP contribution in [-0.2, 0) is 0 Å². The molecule has 0 radical (unpaired) electrons. The summed E-state index contributed by atoms with van der Waals surface area (Å²) in [6.45, 7) is -0.813. The summed E-state index contributed by atoms with van der Waals surface area (Å²) in [5, 5.41) is 47.3. The Hall–Kier alpha value is 0. The summed E-state index contributed by atoms with van der Waals surface area (Å²) in [5.41, 5.74) is 2.63. The Kier molecular flexibility index (Phi) is 8.16. The van der Waals surface area contributed by atoms with Crippen LogP contribution in [0.4, 0.5) is 0 Å². The van der Waals surface area contributed by atoms with E-state index in [-0.39, 0.29) is 10.9 Å². The van der Waals surface area contributed by atoms with Gasteiger partial charge in [0.2, 0.25) is 0 Å². The zero-order valence-corrected chi connectivity index (χ0v) is 11.0. The highest BCUT2D eigenvalue weighted by molar-refractivity contribution is 8.10. The summed E-state index contributed by atoms with van der Waals surface area (Å²) in [4.78, 5) is 0. The first kappa shape index (κ1) is 17.0. The fraction of sp³-hybridized carbons (Fsp3) is 0.875. The third-order valence-corrected chi connectivity index (χ3v) is 2.72. The van der Waals surface area contributed by atoms with Crippen molar-refractivity contribution in [2.75, 3.05) is 20.2 Å². The maximum atomic E-state index is 9.50. The van der Waals surface area contributed by atoms with Crippen molar-refractivity contribution in [3.05, 3.63) is 0 Å². The summed E-state index contributed by atoms with van der Waals surface area (Å²) in [5.74, 6) is 0. The van der Waals surface area contributed by atoms with Gasteiger partial charge in [0.25, 0.3) is 0 Å². The zero-order valence-electron chi connectivity index (χ0n) is 9.26. The van der Waals surface area contributed by atoms with Gasteiger partial charge in [-0.3, -0.25) is 5.01 Å². The van der Waals surface area contributed by atoms with Crippen LogP contribution in [0.25, 0.3) is 0 Å². The predicted molar refractivity (Wildman–Crippen MR) is 68.5 cm³/mol. The average molecular weight is 286 g/mol. The van der Waals surface area contributed by atoms with E-state index in [1.165, 1.54) is 5.01 Å². The van der Waals surface area contributed by atoms with Crippen molar-refractivity contribution < 1.29 is 25.5 Å². The third-order valence-electron chi connectivity index (χ3n) is 2.15. The maximum absolute atomic E-state index is 9.50. The van der Waals surface area contributed by atoms with Crippen LogP contribution in [0.2, 0.25) is 0 Å². The van der Waals surface area contributed by atoms with Gasteiger partial charge < -0.3 is 25.5 Å². The molecule has 17 heavy (non-hydrogen) atoms. The van der Waals surface area contributed by atoms with E-state index >= 15 is 0 Å². The Morgan fingerprint density at radius 1 is 1.24 bits per heavy atom. The SMILES string of the molecule is CN(NC[C@H](O)[C@@H](O)[C@H](O)[C@H](O)CO)C(=S)S. The van der Waals surface area contributed by atoms with E-state index in [4.69, 9.17) is 22.4 Å². The number of aliphatic hydroxyl groups excluding tert-OH is 5. The fourth-order valence-corrected chi connectivity index (χ4v) is 1.12. The highest BCUT2D eigenvalue weighted by Crippen LogP contribution is 2.04. The van der Waals surface area contributed by atoms with Crippen molar-refractivity contribution in [2.24, 2.45) is 0 Å². The second-order valence-corrected chi connectivity index (χ2v) is 4.62. The molecular formula is C8H18N2O5S2. The highest BCUT2D eigenvalue weighted by Gasteiger charge is 2.29. The molecule has 0 spiro atoms. The molecule has 0 bridgehead atoms. The predicted octanol–water partition coefficient (Wildman–Crippen LogP) is -2.93. The molecule has 0 aromatic heterocycles. The summed E-state index contributed by atoms with van der Waals surface area (Å²) in [6, 6.07) is 0. The average Bonchev–Trinajstić information content (AvgIpc) is 2.32. The molecule has 9 heteroatoms. The van der Waals surface area contributed by atoms with E-state index in [2.05, 4.69) is 18.1 Å². The second kappa shape index (κ2) is 8.16. The van der Waals surface area contributed by atoms with E-state index in [1.54, 1.807) is 7.05 Å². The third kappa shape index (κ3) is 5.93. The smallest absolute Gasteiger partial charge is 0.147 e. The Labute approximate surface area is 110 Å². The van der Waals surface area contributed by atoms with E-state index in [0.29, 0.717) is 0 Å². The number of hydrazine groups is 1. The van der Waals surface area contributed by atoms with Crippen molar-refractivity contribution in [3.63, 3.8) is 0 Å². The van der Waals surface area contributed by atoms with Crippen LogP contribution in [0.5, 0.6) is 0 Å². The van der Waals surface area contributed by atoms with E-state index < -0.39 is 31.0 Å². The first-order chi connectivity index (χ1) is 7.81. The topological polar surface area (TPSA) is 116 Å². The van der Waals surface area contributed by atoms with Gasteiger partial charge in [0.1, 0.15) is 22.6 Å². The maximum Gasteiger partial charge on any atom is 0.147 e. The normalized spacial score (nSPS) is 18.3. The van der Waals surface area contributed by atoms with Crippen LogP contribution < -0.4 is 5.43 Å². The van der Waals surface area contributed by atoms with Crippen LogP contribution in [-0.4, -0.2) is 79.5 Å². The van der Waals surface area contributed by atoms with Gasteiger partial charge in [-0.1, -0.05) is 12.2 Å². The lowest BCUT2D eigenvalue weighted by atomic mass is 10.0. The van der Waals surface area contributed by atoms with Crippen molar-refractivity contribution in [1.82, 2.24) is 10.4 Å². The van der Waals surface area contributed by atoms with Crippen molar-refractivity contribution in [3.8, 4) is 0 Å². The monoisotopic (exact) mass is 286 g/mol. The molecule has 0 saturated heterocycles. The van der Waals surface area contributed by atoms with Gasteiger partial charge in [0.15, 0.2) is 0 Å². The van der Waals surface area contributed by atoms with Crippen LogP contribution in [0.15, 0.2) is 0 Å². The van der Waals surface area contributed by atoms with Gasteiger partial charge in [-0.25, -0.2) is 5.43 Å². The van der Waals surface area contributed by atoms with E-state index in [1.807, 2.05) is 0 Å². The zero-order chi connectivity index (χ0) is 13.6. The van der Waals surface area contributed by atoms with Gasteiger partial charge in [0, 0.05) is 13.6 Å². The minimum atomic E-state index is -1.63. The van der Waals surface area contributed by atoms with Crippen LogP contribution in [0.3, 0.4) is 0 Å². The number of hydrogen-bond donors (Lipinski definition) is 7. The molecule has 0 aliphatic heterocycles. The molecule has 0 amide bonds. The molecule has 0 aromatic carbocycles. The quantitative estimate of drug-likeness (QED) is 0.151. The molecule has 0 saturated carbocycles. The van der Waals surface area contributed by atoms with Gasteiger partial charge in [-0.2, -0.15) is 0 Å². The van der Waals surface area contributed by atoms with Crippen molar-refractivity contribution in [1.29, 1.82) is 0 Å². The summed E-state index contributed by atoms with van der Waals surface area (Å²) in [6.07, 6.45) is -6.07. The lowest BCUT2D eigenvalue weighted by Gasteiger charge is -2.27. The fourth-order valence-electron chi connectivity index (χ4n) is 0.982. The highest BCUT2D eigenvalue weighted by atomic mass is 32.1. The molecule has 0 rings (SSSR count). The van der Waals surface area contributed by atoms with E-state index in [9.17, 15) is 15.3 Å². The molecule has 0 aliphatic carbocycles. The Morgan fingerprint density at radius 2 is 1.71 bits per heavy atom. The minimum absolute atomic E-state index is 0.104. The van der Waals surface area contributed by atoms with Gasteiger partial charge in [0.05, 0.1) is 12.7 Å². The molecule has 0 heterocycles. The van der Waals surface area contributed by atoms with Gasteiger partial charge in [-0.15, -0.1) is 12.6 Å². The molecule has 0 unspecified atom stereocenters. The molecule has 0 aromatic rings. The number of thiocarbonyl (C=S) groups is 1. The van der Waals surface area contributed by atoms with Crippen LogP contribution >= 0.6 is 24.8 Å². The Morgan fingerprint density at radius 3 is 2.12 bits per heavy atom. The van der Waals surface area contributed by atoms with Crippen molar-refractivity contribution in [2.45, 2.75) is 24.4 Å². The molecule has 7 nitrogen and oxygen atoms in total. The largest absolute Gasteiger partial charge is 0.394 e. The van der Waals surface area contributed by atoms with Crippen LogP contribution in [0, 0.1) is 0 Å². The van der Waals surface area contributed by atoms with Gasteiger partial charge in [-0.05, 0) is 0 Å². The number of hydrogen-bond acceptors (Lipinski definition) is 7. The first-order valence-corrected chi connectivity index (χ1v) is 5.70.